The van der Waals surface area contributed by atoms with Crippen LogP contribution in [0.2, 0.25) is 0 Å². The third-order valence-corrected chi connectivity index (χ3v) is 3.52. The van der Waals surface area contributed by atoms with Crippen molar-refractivity contribution in [3.8, 4) is 6.07 Å². The van der Waals surface area contributed by atoms with Crippen molar-refractivity contribution in [3.63, 3.8) is 0 Å². The van der Waals surface area contributed by atoms with Gasteiger partial charge in [0.2, 0.25) is 0 Å². The van der Waals surface area contributed by atoms with Gasteiger partial charge in [0.1, 0.15) is 17.4 Å². The number of pyridine rings is 1. The Balaban J connectivity index is 2.18. The Kier molecular flexibility index (Phi) is 3.43. The van der Waals surface area contributed by atoms with Gasteiger partial charge >= 0.3 is 0 Å². The third-order valence-electron chi connectivity index (χ3n) is 3.52. The summed E-state index contributed by atoms with van der Waals surface area (Å²) in [5, 5.41) is 9.28. The molecule has 0 aliphatic carbocycles. The second-order valence-electron chi connectivity index (χ2n) is 5.02. The number of benzene rings is 1. The molecule has 0 unspecified atom stereocenters. The van der Waals surface area contributed by atoms with Crippen LogP contribution in [-0.4, -0.2) is 15.3 Å². The molecule has 0 aliphatic heterocycles. The van der Waals surface area contributed by atoms with Crippen LogP contribution in [0, 0.1) is 17.1 Å². The molecule has 4 nitrogen and oxygen atoms in total. The maximum Gasteiger partial charge on any atom is 0.163 e. The highest BCUT2D eigenvalue weighted by molar-refractivity contribution is 6.06. The summed E-state index contributed by atoms with van der Waals surface area (Å²) in [6.07, 6.45) is 3.22. The van der Waals surface area contributed by atoms with Crippen molar-refractivity contribution < 1.29 is 9.18 Å². The number of ketones is 1. The van der Waals surface area contributed by atoms with E-state index in [1.165, 1.54) is 25.3 Å². The van der Waals surface area contributed by atoms with Crippen LogP contribution in [0.4, 0.5) is 4.39 Å². The smallest absolute Gasteiger partial charge is 0.163 e. The topological polar surface area (TPSA) is 58.7 Å². The first-order valence-corrected chi connectivity index (χ1v) is 6.73. The molecule has 0 atom stereocenters. The predicted molar refractivity (Wildman–Crippen MR) is 80.0 cm³/mol. The predicted octanol–water partition coefficient (Wildman–Crippen LogP) is 3.30. The lowest BCUT2D eigenvalue weighted by molar-refractivity contribution is 0.101. The number of nitrogens with zero attached hydrogens (tertiary/aromatic N) is 3. The molecule has 5 heteroatoms. The van der Waals surface area contributed by atoms with Gasteiger partial charge in [-0.05, 0) is 30.7 Å². The highest BCUT2D eigenvalue weighted by atomic mass is 19.1. The first-order valence-electron chi connectivity index (χ1n) is 6.73. The Bertz CT molecular complexity index is 904. The lowest BCUT2D eigenvalue weighted by Crippen LogP contribution is -1.99. The summed E-state index contributed by atoms with van der Waals surface area (Å²) in [5.74, 6) is -0.407. The number of carbonyl (C=O) groups excluding carboxylic acids is 1. The van der Waals surface area contributed by atoms with Crippen molar-refractivity contribution in [2.45, 2.75) is 13.5 Å². The number of nitriles is 1. The Labute approximate surface area is 126 Å². The number of halogens is 1. The molecular formula is C17H12FN3O. The van der Waals surface area contributed by atoms with Crippen LogP contribution in [0.5, 0.6) is 0 Å². The largest absolute Gasteiger partial charge is 0.340 e. The second-order valence-corrected chi connectivity index (χ2v) is 5.02. The second kappa shape index (κ2) is 5.41. The first kappa shape index (κ1) is 14.0. The summed E-state index contributed by atoms with van der Waals surface area (Å²) in [5.41, 5.74) is 2.96. The zero-order chi connectivity index (χ0) is 15.7. The lowest BCUT2D eigenvalue weighted by atomic mass is 10.1. The number of Topliss-reactive ketones (excluding diaryl/α,β-unsaturated/α-hetero) is 1. The molecule has 0 saturated heterocycles. The minimum absolute atomic E-state index is 0.106. The maximum absolute atomic E-state index is 13.0. The van der Waals surface area contributed by atoms with Gasteiger partial charge in [0.15, 0.2) is 5.78 Å². The van der Waals surface area contributed by atoms with E-state index in [9.17, 15) is 14.4 Å². The van der Waals surface area contributed by atoms with Crippen LogP contribution in [0.3, 0.4) is 0 Å². The fourth-order valence-corrected chi connectivity index (χ4v) is 2.48. The van der Waals surface area contributed by atoms with Crippen LogP contribution in [0.25, 0.3) is 11.0 Å². The van der Waals surface area contributed by atoms with Crippen LogP contribution in [0.15, 0.2) is 42.7 Å². The Hall–Kier alpha value is -3.00. The molecule has 0 bridgehead atoms. The van der Waals surface area contributed by atoms with Gasteiger partial charge in [-0.2, -0.15) is 5.26 Å². The molecule has 0 N–H and O–H groups in total. The molecule has 0 spiro atoms. The van der Waals surface area contributed by atoms with Gasteiger partial charge in [-0.3, -0.25) is 9.78 Å². The van der Waals surface area contributed by atoms with E-state index in [-0.39, 0.29) is 11.6 Å². The first-order chi connectivity index (χ1) is 10.6. The number of fused-ring (bicyclic) bond motifs is 1. The quantitative estimate of drug-likeness (QED) is 0.696. The van der Waals surface area contributed by atoms with Gasteiger partial charge < -0.3 is 4.57 Å². The SMILES string of the molecule is CC(=O)c1cn(Cc2ccc(F)cc2)c2c(C#N)ccnc12. The molecular weight excluding hydrogens is 281 g/mol. The standard InChI is InChI=1S/C17H12FN3O/c1-11(22)15-10-21(9-12-2-4-14(18)5-3-12)17-13(8-19)6-7-20-16(15)17/h2-7,10H,9H2,1H3. The van der Waals surface area contributed by atoms with Gasteiger partial charge in [-0.1, -0.05) is 12.1 Å². The summed E-state index contributed by atoms with van der Waals surface area (Å²) in [7, 11) is 0. The van der Waals surface area contributed by atoms with E-state index in [2.05, 4.69) is 11.1 Å². The van der Waals surface area contributed by atoms with E-state index in [0.29, 0.717) is 28.7 Å². The molecule has 22 heavy (non-hydrogen) atoms. The third kappa shape index (κ3) is 2.35. The van der Waals surface area contributed by atoms with Crippen molar-refractivity contribution in [1.29, 1.82) is 5.26 Å². The summed E-state index contributed by atoms with van der Waals surface area (Å²) >= 11 is 0. The van der Waals surface area contributed by atoms with E-state index in [1.54, 1.807) is 24.4 Å². The highest BCUT2D eigenvalue weighted by Gasteiger charge is 2.16. The summed E-state index contributed by atoms with van der Waals surface area (Å²) in [4.78, 5) is 16.0. The van der Waals surface area contributed by atoms with Crippen molar-refractivity contribution >= 4 is 16.8 Å². The van der Waals surface area contributed by atoms with Crippen LogP contribution in [0.1, 0.15) is 28.4 Å². The fourth-order valence-electron chi connectivity index (χ4n) is 2.48. The van der Waals surface area contributed by atoms with Crippen LogP contribution >= 0.6 is 0 Å². The van der Waals surface area contributed by atoms with Gasteiger partial charge in [0.25, 0.3) is 0 Å². The zero-order valence-corrected chi connectivity index (χ0v) is 11.9. The zero-order valence-electron chi connectivity index (χ0n) is 11.9. The lowest BCUT2D eigenvalue weighted by Gasteiger charge is -2.06. The Morgan fingerprint density at radius 1 is 1.32 bits per heavy atom. The van der Waals surface area contributed by atoms with Gasteiger partial charge in [-0.25, -0.2) is 4.39 Å². The molecule has 3 rings (SSSR count). The van der Waals surface area contributed by atoms with Crippen molar-refractivity contribution in [3.05, 3.63) is 65.2 Å². The number of carbonyl (C=O) groups is 1. The maximum atomic E-state index is 13.0. The normalized spacial score (nSPS) is 10.6. The number of aromatic nitrogens is 2. The molecule has 3 aromatic rings. The molecule has 0 fully saturated rings. The molecule has 2 aromatic heterocycles. The molecule has 0 radical (unpaired) electrons. The van der Waals surface area contributed by atoms with E-state index in [4.69, 9.17) is 0 Å². The van der Waals surface area contributed by atoms with Crippen molar-refractivity contribution in [2.24, 2.45) is 0 Å². The average molecular weight is 293 g/mol. The van der Waals surface area contributed by atoms with E-state index < -0.39 is 0 Å². The van der Waals surface area contributed by atoms with Crippen LogP contribution < -0.4 is 0 Å². The molecule has 0 amide bonds. The Morgan fingerprint density at radius 3 is 2.68 bits per heavy atom. The summed E-state index contributed by atoms with van der Waals surface area (Å²) < 4.78 is 14.8. The summed E-state index contributed by atoms with van der Waals surface area (Å²) in [6.45, 7) is 1.90. The number of hydrogen-bond donors (Lipinski definition) is 0. The molecule has 108 valence electrons. The minimum Gasteiger partial charge on any atom is -0.340 e. The minimum atomic E-state index is -0.301. The number of hydrogen-bond acceptors (Lipinski definition) is 3. The van der Waals surface area contributed by atoms with Crippen molar-refractivity contribution in [2.75, 3.05) is 0 Å². The van der Waals surface area contributed by atoms with Gasteiger partial charge in [0.05, 0.1) is 16.6 Å². The highest BCUT2D eigenvalue weighted by Crippen LogP contribution is 2.24. The fraction of sp³-hybridized carbons (Fsp3) is 0.118. The van der Waals surface area contributed by atoms with E-state index >= 15 is 0 Å². The van der Waals surface area contributed by atoms with Crippen molar-refractivity contribution in [1.82, 2.24) is 9.55 Å². The van der Waals surface area contributed by atoms with Gasteiger partial charge in [0, 0.05) is 18.9 Å². The average Bonchev–Trinajstić information content (AvgIpc) is 2.88. The van der Waals surface area contributed by atoms with E-state index in [1.807, 2.05) is 4.57 Å². The molecule has 2 heterocycles. The van der Waals surface area contributed by atoms with Crippen LogP contribution in [-0.2, 0) is 6.54 Å². The molecule has 0 aliphatic rings. The molecule has 0 saturated carbocycles. The Morgan fingerprint density at radius 2 is 2.05 bits per heavy atom. The number of rotatable bonds is 3. The monoisotopic (exact) mass is 293 g/mol. The molecule has 1 aromatic carbocycles. The van der Waals surface area contributed by atoms with Gasteiger partial charge in [-0.15, -0.1) is 0 Å². The van der Waals surface area contributed by atoms with E-state index in [0.717, 1.165) is 5.56 Å². The summed E-state index contributed by atoms with van der Waals surface area (Å²) in [6, 6.07) is 9.87.